The molecule has 0 aromatic carbocycles. The van der Waals surface area contributed by atoms with Crippen molar-refractivity contribution in [2.45, 2.75) is 25.9 Å². The lowest BCUT2D eigenvalue weighted by molar-refractivity contribution is -0.0287. The predicted octanol–water partition coefficient (Wildman–Crippen LogP) is 1.19. The first-order chi connectivity index (χ1) is 6.04. The van der Waals surface area contributed by atoms with E-state index in [4.69, 9.17) is 0 Å². The van der Waals surface area contributed by atoms with E-state index in [0.717, 1.165) is 6.42 Å². The molecule has 2 aliphatic rings. The Morgan fingerprint density at radius 1 is 1.31 bits per heavy atom. The summed E-state index contributed by atoms with van der Waals surface area (Å²) in [5.74, 6) is 1.51. The summed E-state index contributed by atoms with van der Waals surface area (Å²) in [6.45, 7) is 3.92. The van der Waals surface area contributed by atoms with Gasteiger partial charge in [-0.2, -0.15) is 0 Å². The van der Waals surface area contributed by atoms with Crippen LogP contribution in [0.15, 0.2) is 12.2 Å². The van der Waals surface area contributed by atoms with Gasteiger partial charge < -0.3 is 10.2 Å². The lowest BCUT2D eigenvalue weighted by Crippen LogP contribution is -2.40. The van der Waals surface area contributed by atoms with Crippen molar-refractivity contribution in [2.24, 2.45) is 23.7 Å². The van der Waals surface area contributed by atoms with E-state index in [2.05, 4.69) is 12.2 Å². The van der Waals surface area contributed by atoms with E-state index in [0.29, 0.717) is 11.8 Å². The van der Waals surface area contributed by atoms with Gasteiger partial charge in [0.2, 0.25) is 0 Å². The summed E-state index contributed by atoms with van der Waals surface area (Å²) in [6.07, 6.45) is 5.53. The number of allylic oxidation sites excluding steroid dienone is 2. The summed E-state index contributed by atoms with van der Waals surface area (Å²) in [4.78, 5) is 0. The average molecular weight is 182 g/mol. The minimum absolute atomic E-state index is 0.208. The van der Waals surface area contributed by atoms with Crippen molar-refractivity contribution in [3.05, 3.63) is 12.2 Å². The fourth-order valence-electron chi connectivity index (χ4n) is 3.22. The zero-order valence-corrected chi connectivity index (χ0v) is 8.27. The molecule has 1 saturated carbocycles. The van der Waals surface area contributed by atoms with Gasteiger partial charge in [-0.25, -0.2) is 0 Å². The second-order valence-corrected chi connectivity index (χ2v) is 4.97. The topological polar surface area (TPSA) is 40.5 Å². The molecule has 0 radical (unpaired) electrons. The minimum atomic E-state index is -0.655. The summed E-state index contributed by atoms with van der Waals surface area (Å²) >= 11 is 0. The maximum atomic E-state index is 10.00. The van der Waals surface area contributed by atoms with Crippen LogP contribution in [0, 0.1) is 23.7 Å². The Kier molecular flexibility index (Phi) is 2.00. The maximum Gasteiger partial charge on any atom is 0.0629 e. The van der Waals surface area contributed by atoms with Gasteiger partial charge >= 0.3 is 0 Å². The third-order valence-corrected chi connectivity index (χ3v) is 3.65. The van der Waals surface area contributed by atoms with Gasteiger partial charge in [-0.05, 0) is 43.9 Å². The summed E-state index contributed by atoms with van der Waals surface area (Å²) in [6, 6.07) is 0. The molecule has 0 saturated heterocycles. The lowest BCUT2D eigenvalue weighted by atomic mass is 9.74. The Labute approximate surface area is 79.3 Å². The highest BCUT2D eigenvalue weighted by atomic mass is 16.3. The van der Waals surface area contributed by atoms with E-state index in [9.17, 15) is 10.2 Å². The molecule has 4 atom stereocenters. The first kappa shape index (κ1) is 9.22. The van der Waals surface area contributed by atoms with E-state index in [-0.39, 0.29) is 18.4 Å². The maximum absolute atomic E-state index is 10.00. The molecule has 2 heteroatoms. The second kappa shape index (κ2) is 2.82. The first-order valence-corrected chi connectivity index (χ1v) is 5.05. The van der Waals surface area contributed by atoms with Crippen LogP contribution < -0.4 is 0 Å². The van der Waals surface area contributed by atoms with Gasteiger partial charge in [0.25, 0.3) is 0 Å². The molecule has 0 heterocycles. The van der Waals surface area contributed by atoms with Crippen LogP contribution in [-0.2, 0) is 0 Å². The highest BCUT2D eigenvalue weighted by Crippen LogP contribution is 2.51. The summed E-state index contributed by atoms with van der Waals surface area (Å²) in [5, 5.41) is 19.3. The van der Waals surface area contributed by atoms with Crippen LogP contribution in [0.2, 0.25) is 0 Å². The number of aliphatic hydroxyl groups excluding tert-OH is 1. The van der Waals surface area contributed by atoms with Gasteiger partial charge in [0.1, 0.15) is 0 Å². The monoisotopic (exact) mass is 182 g/mol. The standard InChI is InChI=1S/C11H18O2/c1-11(2,13)10-8-4-3-7(5-8)9(10)6-12/h3-4,7-10,12-13H,5-6H2,1-2H3/t7-,8+,9-,10+/m1/s1. The number of hydrogen-bond donors (Lipinski definition) is 2. The van der Waals surface area contributed by atoms with Crippen LogP contribution in [0.1, 0.15) is 20.3 Å². The van der Waals surface area contributed by atoms with Crippen LogP contribution in [0.25, 0.3) is 0 Å². The molecular weight excluding hydrogens is 164 g/mol. The SMILES string of the molecule is CC(C)(O)[C@@H]1[C@H](CO)[C@@H]2C=C[C@H]1C2. The van der Waals surface area contributed by atoms with Crippen LogP contribution in [-0.4, -0.2) is 22.4 Å². The molecule has 13 heavy (non-hydrogen) atoms. The highest BCUT2D eigenvalue weighted by Gasteiger charge is 2.49. The fraction of sp³-hybridized carbons (Fsp3) is 0.818. The zero-order valence-electron chi connectivity index (χ0n) is 8.27. The molecule has 0 amide bonds. The van der Waals surface area contributed by atoms with Crippen molar-refractivity contribution in [1.29, 1.82) is 0 Å². The Morgan fingerprint density at radius 3 is 2.38 bits per heavy atom. The number of fused-ring (bicyclic) bond motifs is 2. The molecule has 2 aliphatic carbocycles. The van der Waals surface area contributed by atoms with E-state index in [1.165, 1.54) is 0 Å². The molecule has 0 unspecified atom stereocenters. The first-order valence-electron chi connectivity index (χ1n) is 5.05. The van der Waals surface area contributed by atoms with Crippen LogP contribution in [0.3, 0.4) is 0 Å². The van der Waals surface area contributed by atoms with Gasteiger partial charge in [-0.3, -0.25) is 0 Å². The molecule has 2 nitrogen and oxygen atoms in total. The molecule has 74 valence electrons. The molecule has 1 fully saturated rings. The van der Waals surface area contributed by atoms with Crippen molar-refractivity contribution in [2.75, 3.05) is 6.61 Å². The number of hydrogen-bond acceptors (Lipinski definition) is 2. The molecule has 0 aromatic rings. The predicted molar refractivity (Wildman–Crippen MR) is 51.1 cm³/mol. The molecule has 2 bridgehead atoms. The van der Waals surface area contributed by atoms with Crippen molar-refractivity contribution >= 4 is 0 Å². The van der Waals surface area contributed by atoms with Gasteiger partial charge in [0, 0.05) is 6.61 Å². The Hall–Kier alpha value is -0.340. The van der Waals surface area contributed by atoms with Gasteiger partial charge in [0.15, 0.2) is 0 Å². The van der Waals surface area contributed by atoms with Gasteiger partial charge in [-0.1, -0.05) is 12.2 Å². The van der Waals surface area contributed by atoms with E-state index < -0.39 is 5.60 Å². The van der Waals surface area contributed by atoms with Crippen molar-refractivity contribution in [1.82, 2.24) is 0 Å². The smallest absolute Gasteiger partial charge is 0.0629 e. The van der Waals surface area contributed by atoms with E-state index in [1.54, 1.807) is 0 Å². The van der Waals surface area contributed by atoms with Crippen molar-refractivity contribution in [3.63, 3.8) is 0 Å². The number of aliphatic hydroxyl groups is 2. The van der Waals surface area contributed by atoms with Gasteiger partial charge in [0.05, 0.1) is 5.60 Å². The molecule has 0 spiro atoms. The average Bonchev–Trinajstić information content (AvgIpc) is 2.59. The molecule has 2 rings (SSSR count). The largest absolute Gasteiger partial charge is 0.396 e. The lowest BCUT2D eigenvalue weighted by Gasteiger charge is -2.36. The Morgan fingerprint density at radius 2 is 1.92 bits per heavy atom. The van der Waals surface area contributed by atoms with Gasteiger partial charge in [-0.15, -0.1) is 0 Å². The number of rotatable bonds is 2. The van der Waals surface area contributed by atoms with Crippen LogP contribution in [0.4, 0.5) is 0 Å². The summed E-state index contributed by atoms with van der Waals surface area (Å²) < 4.78 is 0. The fourth-order valence-corrected chi connectivity index (χ4v) is 3.22. The quantitative estimate of drug-likeness (QED) is 0.630. The summed E-state index contributed by atoms with van der Waals surface area (Å²) in [7, 11) is 0. The summed E-state index contributed by atoms with van der Waals surface area (Å²) in [5.41, 5.74) is -0.655. The van der Waals surface area contributed by atoms with Crippen molar-refractivity contribution in [3.8, 4) is 0 Å². The van der Waals surface area contributed by atoms with Crippen LogP contribution >= 0.6 is 0 Å². The Bertz CT molecular complexity index is 227. The van der Waals surface area contributed by atoms with Crippen molar-refractivity contribution < 1.29 is 10.2 Å². The third-order valence-electron chi connectivity index (χ3n) is 3.65. The van der Waals surface area contributed by atoms with E-state index >= 15 is 0 Å². The van der Waals surface area contributed by atoms with Crippen LogP contribution in [0.5, 0.6) is 0 Å². The minimum Gasteiger partial charge on any atom is -0.396 e. The second-order valence-electron chi connectivity index (χ2n) is 4.97. The zero-order chi connectivity index (χ0) is 9.64. The highest BCUT2D eigenvalue weighted by molar-refractivity contribution is 5.16. The third kappa shape index (κ3) is 1.32. The normalized spacial score (nSPS) is 43.1. The molecular formula is C11H18O2. The molecule has 0 aliphatic heterocycles. The molecule has 2 N–H and O–H groups in total. The van der Waals surface area contributed by atoms with E-state index in [1.807, 2.05) is 13.8 Å². The molecule has 0 aromatic heterocycles. The Balaban J connectivity index is 2.23.